The number of hydrogen-bond donors (Lipinski definition) is 3. The number of H-pyrrole nitrogens is 1. The quantitative estimate of drug-likeness (QED) is 0.453. The lowest BCUT2D eigenvalue weighted by atomic mass is 10.2. The molecule has 10 nitrogen and oxygen atoms in total. The van der Waals surface area contributed by atoms with E-state index in [4.69, 9.17) is 9.47 Å². The molecule has 1 aliphatic rings. The van der Waals surface area contributed by atoms with Gasteiger partial charge in [-0.05, 0) is 49.4 Å². The van der Waals surface area contributed by atoms with Crippen molar-refractivity contribution in [3.8, 4) is 11.5 Å². The molecule has 2 aromatic heterocycles. The molecular formula is C25H30N6O4. The van der Waals surface area contributed by atoms with Gasteiger partial charge in [-0.25, -0.2) is 4.79 Å². The van der Waals surface area contributed by atoms with Crippen molar-refractivity contribution in [1.29, 1.82) is 0 Å². The molecule has 0 bridgehead atoms. The van der Waals surface area contributed by atoms with E-state index < -0.39 is 11.7 Å². The van der Waals surface area contributed by atoms with Crippen molar-refractivity contribution in [2.75, 3.05) is 62.4 Å². The zero-order valence-corrected chi connectivity index (χ0v) is 19.9. The van der Waals surface area contributed by atoms with Crippen LogP contribution in [0.4, 0.5) is 21.9 Å². The second-order valence-corrected chi connectivity index (χ2v) is 8.28. The predicted octanol–water partition coefficient (Wildman–Crippen LogP) is 2.80. The van der Waals surface area contributed by atoms with Gasteiger partial charge >= 0.3 is 6.09 Å². The second-order valence-electron chi connectivity index (χ2n) is 8.28. The molecule has 3 N–H and O–H groups in total. The number of carbonyl (C=O) groups is 1. The van der Waals surface area contributed by atoms with Gasteiger partial charge in [0.2, 0.25) is 5.75 Å². The molecule has 10 heteroatoms. The Hall–Kier alpha value is -4.05. The maximum absolute atomic E-state index is 12.7. The number of likely N-dealkylation sites (N-methyl/N-ethyl adjacent to an activating group) is 1. The van der Waals surface area contributed by atoms with Crippen LogP contribution in [0.1, 0.15) is 5.56 Å². The molecule has 0 aliphatic carbocycles. The van der Waals surface area contributed by atoms with Gasteiger partial charge in [0.05, 0.1) is 18.5 Å². The van der Waals surface area contributed by atoms with E-state index in [1.807, 2.05) is 24.3 Å². The average molecular weight is 479 g/mol. The van der Waals surface area contributed by atoms with Gasteiger partial charge in [-0.15, -0.1) is 0 Å². The normalized spacial score (nSPS) is 13.8. The fourth-order valence-corrected chi connectivity index (χ4v) is 3.89. The highest BCUT2D eigenvalue weighted by molar-refractivity contribution is 5.88. The molecule has 0 radical (unpaired) electrons. The minimum atomic E-state index is -0.758. The van der Waals surface area contributed by atoms with Crippen LogP contribution in [0.5, 0.6) is 11.5 Å². The maximum Gasteiger partial charge on any atom is 0.417 e. The van der Waals surface area contributed by atoms with E-state index in [0.29, 0.717) is 24.3 Å². The summed E-state index contributed by atoms with van der Waals surface area (Å²) in [5.41, 5.74) is 2.43. The Labute approximate surface area is 203 Å². The largest absolute Gasteiger partial charge is 0.495 e. The lowest BCUT2D eigenvalue weighted by molar-refractivity contribution is 0.214. The highest BCUT2D eigenvalue weighted by Crippen LogP contribution is 2.32. The number of aromatic amines is 1. The van der Waals surface area contributed by atoms with Crippen LogP contribution in [0.15, 0.2) is 59.8 Å². The van der Waals surface area contributed by atoms with Crippen molar-refractivity contribution in [3.05, 3.63) is 70.9 Å². The molecule has 0 unspecified atom stereocenters. The first-order chi connectivity index (χ1) is 17.0. The van der Waals surface area contributed by atoms with E-state index in [2.05, 4.69) is 37.4 Å². The van der Waals surface area contributed by atoms with Crippen molar-refractivity contribution in [1.82, 2.24) is 14.9 Å². The summed E-state index contributed by atoms with van der Waals surface area (Å²) in [6.45, 7) is 4.13. The number of nitrogens with one attached hydrogen (secondary N) is 3. The molecule has 3 heterocycles. The minimum absolute atomic E-state index is 0.0935. The van der Waals surface area contributed by atoms with Crippen LogP contribution in [-0.4, -0.2) is 67.8 Å². The first-order valence-electron chi connectivity index (χ1n) is 11.5. The number of ether oxygens (including phenoxy) is 2. The van der Waals surface area contributed by atoms with Crippen LogP contribution >= 0.6 is 0 Å². The van der Waals surface area contributed by atoms with Crippen molar-refractivity contribution in [3.63, 3.8) is 0 Å². The summed E-state index contributed by atoms with van der Waals surface area (Å²) >= 11 is 0. The van der Waals surface area contributed by atoms with E-state index >= 15 is 0 Å². The lowest BCUT2D eigenvalue weighted by Gasteiger charge is -2.34. The molecule has 0 spiro atoms. The monoisotopic (exact) mass is 478 g/mol. The summed E-state index contributed by atoms with van der Waals surface area (Å²) in [6.07, 6.45) is 4.95. The first kappa shape index (κ1) is 24.1. The number of aromatic nitrogens is 2. The fourth-order valence-electron chi connectivity index (χ4n) is 3.89. The van der Waals surface area contributed by atoms with E-state index in [1.165, 1.54) is 6.20 Å². The average Bonchev–Trinajstić information content (AvgIpc) is 2.87. The summed E-state index contributed by atoms with van der Waals surface area (Å²) in [5.74, 6) is 0.636. The van der Waals surface area contributed by atoms with Crippen molar-refractivity contribution >= 4 is 23.2 Å². The molecule has 3 aromatic rings. The minimum Gasteiger partial charge on any atom is -0.495 e. The van der Waals surface area contributed by atoms with Crippen LogP contribution < -0.4 is 30.6 Å². The van der Waals surface area contributed by atoms with E-state index in [1.54, 1.807) is 31.6 Å². The first-order valence-corrected chi connectivity index (χ1v) is 11.5. The molecule has 0 atom stereocenters. The van der Waals surface area contributed by atoms with Gasteiger partial charge in [0.1, 0.15) is 5.75 Å². The molecule has 1 amide bonds. The Bertz CT molecular complexity index is 1190. The maximum atomic E-state index is 12.7. The highest BCUT2D eigenvalue weighted by Gasteiger charge is 2.19. The van der Waals surface area contributed by atoms with E-state index in [0.717, 1.165) is 43.2 Å². The number of amides is 1. The van der Waals surface area contributed by atoms with Gasteiger partial charge in [-0.1, -0.05) is 6.07 Å². The molecule has 1 aliphatic heterocycles. The van der Waals surface area contributed by atoms with Gasteiger partial charge in [0.25, 0.3) is 5.56 Å². The van der Waals surface area contributed by atoms with Gasteiger partial charge in [0.15, 0.2) is 0 Å². The van der Waals surface area contributed by atoms with E-state index in [9.17, 15) is 9.59 Å². The number of carbonyl (C=O) groups excluding carboxylic acids is 1. The van der Waals surface area contributed by atoms with Gasteiger partial charge in [-0.3, -0.25) is 15.1 Å². The Morgan fingerprint density at radius 1 is 1.17 bits per heavy atom. The molecule has 1 fully saturated rings. The molecule has 0 saturated carbocycles. The molecular weight excluding hydrogens is 448 g/mol. The smallest absolute Gasteiger partial charge is 0.417 e. The third-order valence-electron chi connectivity index (χ3n) is 5.83. The summed E-state index contributed by atoms with van der Waals surface area (Å²) in [5, 5.41) is 5.89. The molecule has 35 heavy (non-hydrogen) atoms. The number of hydrogen-bond acceptors (Lipinski definition) is 8. The Morgan fingerprint density at radius 3 is 2.74 bits per heavy atom. The molecule has 184 valence electrons. The van der Waals surface area contributed by atoms with Gasteiger partial charge < -0.3 is 29.6 Å². The number of benzene rings is 1. The van der Waals surface area contributed by atoms with Crippen LogP contribution in [0.3, 0.4) is 0 Å². The number of methoxy groups -OCH3 is 1. The number of anilines is 3. The van der Waals surface area contributed by atoms with Gasteiger partial charge in [-0.2, -0.15) is 0 Å². The topological polar surface area (TPSA) is 112 Å². The number of piperazine rings is 1. The third-order valence-corrected chi connectivity index (χ3v) is 5.83. The van der Waals surface area contributed by atoms with Crippen molar-refractivity contribution in [2.24, 2.45) is 0 Å². The van der Waals surface area contributed by atoms with Crippen LogP contribution in [0.2, 0.25) is 0 Å². The predicted molar refractivity (Wildman–Crippen MR) is 136 cm³/mol. The third kappa shape index (κ3) is 6.30. The number of rotatable bonds is 8. The standard InChI is InChI=1S/C25H30N6O4/c1-30-12-14-31(15-13-30)21-16-19(5-6-22(21)34-2)29-25(33)35-23-20(8-11-28-24(23)32)27-10-7-18-4-3-9-26-17-18/h3-6,8-9,11,16-17H,7,10,12-15H2,1-2H3,(H,29,33)(H2,27,28,32). The summed E-state index contributed by atoms with van der Waals surface area (Å²) < 4.78 is 10.9. The lowest BCUT2D eigenvalue weighted by Crippen LogP contribution is -2.44. The van der Waals surface area contributed by atoms with Crippen LogP contribution in [0, 0.1) is 0 Å². The highest BCUT2D eigenvalue weighted by atomic mass is 16.6. The zero-order valence-electron chi connectivity index (χ0n) is 19.9. The molecule has 4 rings (SSSR count). The Morgan fingerprint density at radius 2 is 2.00 bits per heavy atom. The van der Waals surface area contributed by atoms with Crippen LogP contribution in [0.25, 0.3) is 0 Å². The van der Waals surface area contributed by atoms with Crippen LogP contribution in [-0.2, 0) is 6.42 Å². The SMILES string of the molecule is COc1ccc(NC(=O)Oc2c(NCCc3cccnc3)cc[nH]c2=O)cc1N1CCN(C)CC1. The molecule has 1 aromatic carbocycles. The van der Waals surface area contributed by atoms with Crippen molar-refractivity contribution in [2.45, 2.75) is 6.42 Å². The Kier molecular flexibility index (Phi) is 7.84. The van der Waals surface area contributed by atoms with E-state index in [-0.39, 0.29) is 5.75 Å². The fraction of sp³-hybridized carbons (Fsp3) is 0.320. The summed E-state index contributed by atoms with van der Waals surface area (Å²) in [6, 6.07) is 10.9. The number of nitrogens with zero attached hydrogens (tertiary/aromatic N) is 3. The van der Waals surface area contributed by atoms with Gasteiger partial charge in [0, 0.05) is 57.0 Å². The van der Waals surface area contributed by atoms with Crippen molar-refractivity contribution < 1.29 is 14.3 Å². The second kappa shape index (κ2) is 11.4. The summed E-state index contributed by atoms with van der Waals surface area (Å²) in [4.78, 5) is 36.2. The summed E-state index contributed by atoms with van der Waals surface area (Å²) in [7, 11) is 3.72. The molecule has 1 saturated heterocycles. The zero-order chi connectivity index (χ0) is 24.6. The Balaban J connectivity index is 1.43. The number of pyridine rings is 2.